The van der Waals surface area contributed by atoms with Gasteiger partial charge in [0.1, 0.15) is 5.75 Å². The molecule has 0 spiro atoms. The third kappa shape index (κ3) is 5.30. The van der Waals surface area contributed by atoms with Gasteiger partial charge in [0.05, 0.1) is 0 Å². The van der Waals surface area contributed by atoms with Gasteiger partial charge < -0.3 is 15.8 Å². The highest BCUT2D eigenvalue weighted by Gasteiger charge is 2.20. The zero-order valence-corrected chi connectivity index (χ0v) is 11.2. The average Bonchev–Trinajstić information content (AvgIpc) is 3.26. The van der Waals surface area contributed by atoms with E-state index in [-0.39, 0.29) is 12.5 Å². The van der Waals surface area contributed by atoms with Gasteiger partial charge in [0.15, 0.2) is 6.61 Å². The zero-order chi connectivity index (χ0) is 13.5. The predicted molar refractivity (Wildman–Crippen MR) is 74.8 cm³/mol. The second-order valence-electron chi connectivity index (χ2n) is 5.07. The molecule has 1 saturated carbocycles. The van der Waals surface area contributed by atoms with Crippen molar-refractivity contribution < 1.29 is 9.53 Å². The van der Waals surface area contributed by atoms with Crippen LogP contribution in [0.2, 0.25) is 0 Å². The van der Waals surface area contributed by atoms with Crippen LogP contribution in [0.3, 0.4) is 0 Å². The Morgan fingerprint density at radius 1 is 1.32 bits per heavy atom. The Bertz CT molecular complexity index is 399. The summed E-state index contributed by atoms with van der Waals surface area (Å²) in [6, 6.07) is 7.48. The second-order valence-corrected chi connectivity index (χ2v) is 5.07. The van der Waals surface area contributed by atoms with E-state index in [9.17, 15) is 4.79 Å². The molecule has 1 aromatic carbocycles. The minimum Gasteiger partial charge on any atom is -0.484 e. The van der Waals surface area contributed by atoms with Crippen LogP contribution in [-0.2, 0) is 11.3 Å². The van der Waals surface area contributed by atoms with Crippen molar-refractivity contribution in [1.29, 1.82) is 0 Å². The Morgan fingerprint density at radius 2 is 2.05 bits per heavy atom. The van der Waals surface area contributed by atoms with Crippen LogP contribution in [0.4, 0.5) is 0 Å². The first kappa shape index (κ1) is 13.9. The van der Waals surface area contributed by atoms with Crippen molar-refractivity contribution >= 4 is 5.91 Å². The van der Waals surface area contributed by atoms with E-state index in [1.807, 2.05) is 24.3 Å². The molecule has 0 heterocycles. The van der Waals surface area contributed by atoms with Crippen molar-refractivity contribution in [3.63, 3.8) is 0 Å². The molecule has 0 unspecified atom stereocenters. The van der Waals surface area contributed by atoms with E-state index in [1.165, 1.54) is 19.3 Å². The maximum atomic E-state index is 11.5. The van der Waals surface area contributed by atoms with Crippen LogP contribution >= 0.6 is 0 Å². The molecule has 0 radical (unpaired) electrons. The first-order chi connectivity index (χ1) is 9.28. The fourth-order valence-electron chi connectivity index (χ4n) is 1.95. The SMILES string of the molecule is NCc1ccc(OCC(=O)NCCCC2CC2)cc1. The molecular formula is C15H22N2O2. The van der Waals surface area contributed by atoms with Crippen molar-refractivity contribution in [3.05, 3.63) is 29.8 Å². The quantitative estimate of drug-likeness (QED) is 0.702. The van der Waals surface area contributed by atoms with Crippen LogP contribution in [0.5, 0.6) is 5.75 Å². The zero-order valence-electron chi connectivity index (χ0n) is 11.2. The smallest absolute Gasteiger partial charge is 0.257 e. The minimum atomic E-state index is -0.0568. The van der Waals surface area contributed by atoms with Crippen LogP contribution in [0, 0.1) is 5.92 Å². The molecule has 1 aliphatic carbocycles. The molecular weight excluding hydrogens is 240 g/mol. The lowest BCUT2D eigenvalue weighted by Crippen LogP contribution is -2.29. The van der Waals surface area contributed by atoms with Crippen molar-refractivity contribution in [3.8, 4) is 5.75 Å². The number of carbonyl (C=O) groups is 1. The lowest BCUT2D eigenvalue weighted by Gasteiger charge is -2.07. The highest BCUT2D eigenvalue weighted by molar-refractivity contribution is 5.77. The maximum absolute atomic E-state index is 11.5. The van der Waals surface area contributed by atoms with E-state index in [1.54, 1.807) is 0 Å². The topological polar surface area (TPSA) is 64.3 Å². The van der Waals surface area contributed by atoms with E-state index < -0.39 is 0 Å². The average molecular weight is 262 g/mol. The molecule has 4 nitrogen and oxygen atoms in total. The summed E-state index contributed by atoms with van der Waals surface area (Å²) < 4.78 is 5.40. The molecule has 3 N–H and O–H groups in total. The maximum Gasteiger partial charge on any atom is 0.257 e. The number of hydrogen-bond donors (Lipinski definition) is 2. The number of hydrogen-bond acceptors (Lipinski definition) is 3. The van der Waals surface area contributed by atoms with Crippen molar-refractivity contribution in [2.45, 2.75) is 32.2 Å². The van der Waals surface area contributed by atoms with Crippen LogP contribution < -0.4 is 15.8 Å². The Hall–Kier alpha value is -1.55. The first-order valence-corrected chi connectivity index (χ1v) is 6.96. The van der Waals surface area contributed by atoms with Gasteiger partial charge in [0, 0.05) is 13.1 Å². The van der Waals surface area contributed by atoms with Crippen LogP contribution in [0.25, 0.3) is 0 Å². The van der Waals surface area contributed by atoms with Gasteiger partial charge >= 0.3 is 0 Å². The monoisotopic (exact) mass is 262 g/mol. The standard InChI is InChI=1S/C15H22N2O2/c16-10-13-5-7-14(8-6-13)19-11-15(18)17-9-1-2-12-3-4-12/h5-8,12H,1-4,9-11,16H2,(H,17,18). The fraction of sp³-hybridized carbons (Fsp3) is 0.533. The van der Waals surface area contributed by atoms with E-state index >= 15 is 0 Å². The van der Waals surface area contributed by atoms with Crippen LogP contribution in [0.1, 0.15) is 31.2 Å². The largest absolute Gasteiger partial charge is 0.484 e. The lowest BCUT2D eigenvalue weighted by molar-refractivity contribution is -0.123. The molecule has 0 atom stereocenters. The molecule has 0 aromatic heterocycles. The number of rotatable bonds is 8. The molecule has 1 fully saturated rings. The molecule has 1 aromatic rings. The van der Waals surface area contributed by atoms with Gasteiger partial charge in [-0.25, -0.2) is 0 Å². The molecule has 2 rings (SSSR count). The molecule has 19 heavy (non-hydrogen) atoms. The Kier molecular flexibility index (Phi) is 5.21. The predicted octanol–water partition coefficient (Wildman–Crippen LogP) is 1.83. The van der Waals surface area contributed by atoms with E-state index in [0.29, 0.717) is 12.3 Å². The molecule has 1 amide bonds. The van der Waals surface area contributed by atoms with Crippen molar-refractivity contribution in [2.24, 2.45) is 11.7 Å². The number of nitrogens with two attached hydrogens (primary N) is 1. The number of carbonyl (C=O) groups excluding carboxylic acids is 1. The van der Waals surface area contributed by atoms with E-state index in [2.05, 4.69) is 5.32 Å². The van der Waals surface area contributed by atoms with Crippen LogP contribution in [0.15, 0.2) is 24.3 Å². The third-order valence-electron chi connectivity index (χ3n) is 3.34. The number of ether oxygens (including phenoxy) is 1. The normalized spacial score (nSPS) is 14.2. The van der Waals surface area contributed by atoms with Gasteiger partial charge in [-0.1, -0.05) is 25.0 Å². The van der Waals surface area contributed by atoms with Crippen LogP contribution in [-0.4, -0.2) is 19.1 Å². The molecule has 104 valence electrons. The summed E-state index contributed by atoms with van der Waals surface area (Å²) in [6.45, 7) is 1.35. The van der Waals surface area contributed by atoms with Gasteiger partial charge in [-0.3, -0.25) is 4.79 Å². The molecule has 0 bridgehead atoms. The summed E-state index contributed by atoms with van der Waals surface area (Å²) in [5.41, 5.74) is 6.56. The highest BCUT2D eigenvalue weighted by atomic mass is 16.5. The highest BCUT2D eigenvalue weighted by Crippen LogP contribution is 2.33. The number of amides is 1. The van der Waals surface area contributed by atoms with Crippen molar-refractivity contribution in [2.75, 3.05) is 13.2 Å². The summed E-state index contributed by atoms with van der Waals surface area (Å²) in [5, 5.41) is 2.87. The van der Waals surface area contributed by atoms with Gasteiger partial charge in [-0.2, -0.15) is 0 Å². The first-order valence-electron chi connectivity index (χ1n) is 6.96. The number of benzene rings is 1. The van der Waals surface area contributed by atoms with Gasteiger partial charge in [-0.05, 0) is 36.5 Å². The summed E-state index contributed by atoms with van der Waals surface area (Å²) in [4.78, 5) is 11.5. The molecule has 1 aliphatic rings. The molecule has 0 saturated heterocycles. The van der Waals surface area contributed by atoms with Gasteiger partial charge in [0.2, 0.25) is 0 Å². The fourth-order valence-corrected chi connectivity index (χ4v) is 1.95. The molecule has 4 heteroatoms. The summed E-state index contributed by atoms with van der Waals surface area (Å²) >= 11 is 0. The van der Waals surface area contributed by atoms with E-state index in [0.717, 1.165) is 24.4 Å². The van der Waals surface area contributed by atoms with Gasteiger partial charge in [0.25, 0.3) is 5.91 Å². The third-order valence-corrected chi connectivity index (χ3v) is 3.34. The van der Waals surface area contributed by atoms with Crippen molar-refractivity contribution in [1.82, 2.24) is 5.32 Å². The Labute approximate surface area is 114 Å². The minimum absolute atomic E-state index is 0.0568. The number of nitrogens with one attached hydrogen (secondary N) is 1. The Balaban J connectivity index is 1.58. The summed E-state index contributed by atoms with van der Waals surface area (Å²) in [7, 11) is 0. The Morgan fingerprint density at radius 3 is 2.68 bits per heavy atom. The van der Waals surface area contributed by atoms with Gasteiger partial charge in [-0.15, -0.1) is 0 Å². The second kappa shape index (κ2) is 7.14. The summed E-state index contributed by atoms with van der Waals surface area (Å²) in [6.07, 6.45) is 5.05. The molecule has 0 aliphatic heterocycles. The summed E-state index contributed by atoms with van der Waals surface area (Å²) in [5.74, 6) is 1.57. The van der Waals surface area contributed by atoms with E-state index in [4.69, 9.17) is 10.5 Å². The lowest BCUT2D eigenvalue weighted by atomic mass is 10.2.